The van der Waals surface area contributed by atoms with E-state index in [0.29, 0.717) is 50.4 Å². The van der Waals surface area contributed by atoms with Crippen molar-refractivity contribution >= 4 is 11.9 Å². The lowest BCUT2D eigenvalue weighted by molar-refractivity contribution is 0.0160. The Balaban J connectivity index is 1.68. The number of carbonyl (C=O) groups excluding carboxylic acids is 1. The Hall–Kier alpha value is -2.74. The number of nitrogens with one attached hydrogen (secondary N) is 1. The molecule has 0 saturated carbocycles. The van der Waals surface area contributed by atoms with Crippen molar-refractivity contribution in [1.82, 2.24) is 15.1 Å². The third-order valence-electron chi connectivity index (χ3n) is 6.99. The minimum atomic E-state index is -1.07. The second kappa shape index (κ2) is 8.89. The zero-order valence-electron chi connectivity index (χ0n) is 19.5. The lowest BCUT2D eigenvalue weighted by atomic mass is 9.74. The Kier molecular flexibility index (Phi) is 6.31. The maximum Gasteiger partial charge on any atom is 0.335 e. The third-order valence-corrected chi connectivity index (χ3v) is 6.99. The summed E-state index contributed by atoms with van der Waals surface area (Å²) in [5, 5.41) is 17.5. The van der Waals surface area contributed by atoms with Gasteiger partial charge in [-0.2, -0.15) is 5.10 Å². The first kappa shape index (κ1) is 23.4. The fourth-order valence-electron chi connectivity index (χ4n) is 5.25. The van der Waals surface area contributed by atoms with Gasteiger partial charge >= 0.3 is 5.97 Å². The standard InChI is InChI=1S/C25H32FN3O4/c1-4-29-21-19(13-25(15-27-22(21)30)7-9-33-10-8-25)20(28-29)14-24(2,3)12-16-11-17(26)5-6-18(16)23(31)32/h5-6,11H,4,7-10,12-15H2,1-3H3,(H,27,30)(H,31,32). The first-order chi connectivity index (χ1) is 15.6. The van der Waals surface area contributed by atoms with E-state index in [4.69, 9.17) is 9.84 Å². The monoisotopic (exact) mass is 457 g/mol. The minimum absolute atomic E-state index is 0.0430. The van der Waals surface area contributed by atoms with Crippen LogP contribution >= 0.6 is 0 Å². The summed E-state index contributed by atoms with van der Waals surface area (Å²) in [5.74, 6) is -1.61. The number of rotatable bonds is 6. The fourth-order valence-corrected chi connectivity index (χ4v) is 5.25. The van der Waals surface area contributed by atoms with E-state index in [-0.39, 0.29) is 16.9 Å². The maximum atomic E-state index is 13.9. The molecule has 33 heavy (non-hydrogen) atoms. The molecule has 2 aliphatic rings. The van der Waals surface area contributed by atoms with Gasteiger partial charge in [0, 0.05) is 31.9 Å². The molecule has 4 rings (SSSR count). The molecule has 0 bridgehead atoms. The van der Waals surface area contributed by atoms with Gasteiger partial charge in [-0.25, -0.2) is 9.18 Å². The van der Waals surface area contributed by atoms with Crippen molar-refractivity contribution in [2.75, 3.05) is 19.8 Å². The summed E-state index contributed by atoms with van der Waals surface area (Å²) < 4.78 is 21.3. The molecule has 178 valence electrons. The largest absolute Gasteiger partial charge is 0.478 e. The van der Waals surface area contributed by atoms with Crippen molar-refractivity contribution in [2.45, 2.75) is 59.4 Å². The van der Waals surface area contributed by atoms with Crippen LogP contribution in [-0.2, 0) is 30.5 Å². The maximum absolute atomic E-state index is 13.9. The topological polar surface area (TPSA) is 93.5 Å². The van der Waals surface area contributed by atoms with Gasteiger partial charge in [0.05, 0.1) is 11.3 Å². The number of amides is 1. The predicted molar refractivity (Wildman–Crippen MR) is 121 cm³/mol. The van der Waals surface area contributed by atoms with Crippen molar-refractivity contribution in [1.29, 1.82) is 0 Å². The van der Waals surface area contributed by atoms with Gasteiger partial charge in [-0.05, 0) is 73.6 Å². The molecular weight excluding hydrogens is 425 g/mol. The number of fused-ring (bicyclic) bond motifs is 1. The molecule has 2 aliphatic heterocycles. The summed E-state index contributed by atoms with van der Waals surface area (Å²) in [6.07, 6.45) is 3.47. The molecule has 1 spiro atoms. The molecule has 1 aromatic heterocycles. The van der Waals surface area contributed by atoms with Gasteiger partial charge in [0.1, 0.15) is 11.5 Å². The third kappa shape index (κ3) is 4.81. The number of carboxylic acid groups (broad SMARTS) is 1. The van der Waals surface area contributed by atoms with Crippen LogP contribution in [0.4, 0.5) is 4.39 Å². The van der Waals surface area contributed by atoms with Gasteiger partial charge in [-0.3, -0.25) is 9.48 Å². The Morgan fingerprint density at radius 3 is 2.70 bits per heavy atom. The van der Waals surface area contributed by atoms with Crippen molar-refractivity contribution in [3.8, 4) is 0 Å². The smallest absolute Gasteiger partial charge is 0.335 e. The van der Waals surface area contributed by atoms with Crippen LogP contribution in [0, 0.1) is 16.6 Å². The van der Waals surface area contributed by atoms with E-state index in [0.717, 1.165) is 30.5 Å². The van der Waals surface area contributed by atoms with Crippen LogP contribution in [-0.4, -0.2) is 46.5 Å². The second-order valence-electron chi connectivity index (χ2n) is 10.2. The molecule has 0 atom stereocenters. The van der Waals surface area contributed by atoms with Gasteiger partial charge in [0.2, 0.25) is 0 Å². The summed E-state index contributed by atoms with van der Waals surface area (Å²) in [4.78, 5) is 24.7. The molecule has 0 unspecified atom stereocenters. The van der Waals surface area contributed by atoms with Crippen LogP contribution in [0.15, 0.2) is 18.2 Å². The van der Waals surface area contributed by atoms with E-state index >= 15 is 0 Å². The molecule has 8 heteroatoms. The number of aromatic nitrogens is 2. The molecule has 1 fully saturated rings. The van der Waals surface area contributed by atoms with Crippen LogP contribution in [0.3, 0.4) is 0 Å². The molecule has 1 amide bonds. The summed E-state index contributed by atoms with van der Waals surface area (Å²) in [6.45, 7) is 8.61. The summed E-state index contributed by atoms with van der Waals surface area (Å²) in [7, 11) is 0. The Morgan fingerprint density at radius 1 is 1.30 bits per heavy atom. The van der Waals surface area contributed by atoms with E-state index in [1.54, 1.807) is 4.68 Å². The van der Waals surface area contributed by atoms with E-state index in [2.05, 4.69) is 5.32 Å². The Labute approximate surface area is 193 Å². The van der Waals surface area contributed by atoms with Crippen molar-refractivity contribution < 1.29 is 23.8 Å². The van der Waals surface area contributed by atoms with E-state index in [1.165, 1.54) is 18.2 Å². The highest BCUT2D eigenvalue weighted by atomic mass is 19.1. The molecule has 1 saturated heterocycles. The van der Waals surface area contributed by atoms with Crippen molar-refractivity contribution in [3.05, 3.63) is 52.1 Å². The Morgan fingerprint density at radius 2 is 2.03 bits per heavy atom. The van der Waals surface area contributed by atoms with E-state index < -0.39 is 17.2 Å². The average molecular weight is 458 g/mol. The zero-order chi connectivity index (χ0) is 23.8. The van der Waals surface area contributed by atoms with Crippen LogP contribution in [0.5, 0.6) is 0 Å². The number of nitrogens with zero attached hydrogens (tertiary/aromatic N) is 2. The number of aryl methyl sites for hydroxylation is 1. The highest BCUT2D eigenvalue weighted by Crippen LogP contribution is 2.39. The lowest BCUT2D eigenvalue weighted by Gasteiger charge is -2.36. The number of benzene rings is 1. The fraction of sp³-hybridized carbons (Fsp3) is 0.560. The van der Waals surface area contributed by atoms with E-state index in [9.17, 15) is 19.1 Å². The Bertz CT molecular complexity index is 1070. The summed E-state index contributed by atoms with van der Waals surface area (Å²) in [6, 6.07) is 3.80. The SMILES string of the molecule is CCn1nc(CC(C)(C)Cc2cc(F)ccc2C(=O)O)c2c1C(=O)NCC1(CCOCC1)C2. The zero-order valence-corrected chi connectivity index (χ0v) is 19.5. The number of hydrogen-bond donors (Lipinski definition) is 2. The van der Waals surface area contributed by atoms with Crippen molar-refractivity contribution in [3.63, 3.8) is 0 Å². The number of hydrogen-bond acceptors (Lipinski definition) is 4. The number of aromatic carboxylic acids is 1. The molecule has 3 heterocycles. The quantitative estimate of drug-likeness (QED) is 0.691. The number of ether oxygens (including phenoxy) is 1. The van der Waals surface area contributed by atoms with Gasteiger partial charge in [-0.15, -0.1) is 0 Å². The highest BCUT2D eigenvalue weighted by molar-refractivity contribution is 5.95. The molecule has 2 aromatic rings. The first-order valence-electron chi connectivity index (χ1n) is 11.6. The van der Waals surface area contributed by atoms with Gasteiger partial charge in [0.15, 0.2) is 0 Å². The van der Waals surface area contributed by atoms with E-state index in [1.807, 2.05) is 20.8 Å². The van der Waals surface area contributed by atoms with Crippen LogP contribution in [0.1, 0.15) is 71.3 Å². The molecular formula is C25H32FN3O4. The number of carboxylic acids is 1. The highest BCUT2D eigenvalue weighted by Gasteiger charge is 2.40. The molecule has 2 N–H and O–H groups in total. The molecule has 0 aliphatic carbocycles. The van der Waals surface area contributed by atoms with Crippen molar-refractivity contribution in [2.24, 2.45) is 10.8 Å². The lowest BCUT2D eigenvalue weighted by Crippen LogP contribution is -2.40. The van der Waals surface area contributed by atoms with Gasteiger partial charge in [-0.1, -0.05) is 13.8 Å². The second-order valence-corrected chi connectivity index (χ2v) is 10.2. The average Bonchev–Trinajstić information content (AvgIpc) is 3.01. The van der Waals surface area contributed by atoms with Crippen LogP contribution < -0.4 is 5.32 Å². The summed E-state index contributed by atoms with van der Waals surface area (Å²) in [5.41, 5.74) is 2.62. The minimum Gasteiger partial charge on any atom is -0.478 e. The molecule has 1 aromatic carbocycles. The number of halogens is 1. The summed E-state index contributed by atoms with van der Waals surface area (Å²) >= 11 is 0. The predicted octanol–water partition coefficient (Wildman–Crippen LogP) is 3.63. The van der Waals surface area contributed by atoms with Gasteiger partial charge < -0.3 is 15.2 Å². The molecule has 0 radical (unpaired) electrons. The van der Waals surface area contributed by atoms with Crippen LogP contribution in [0.25, 0.3) is 0 Å². The normalized spacial score (nSPS) is 18.0. The first-order valence-corrected chi connectivity index (χ1v) is 11.6. The van der Waals surface area contributed by atoms with Gasteiger partial charge in [0.25, 0.3) is 5.91 Å². The van der Waals surface area contributed by atoms with Crippen LogP contribution in [0.2, 0.25) is 0 Å². The molecule has 7 nitrogen and oxygen atoms in total. The number of carbonyl (C=O) groups is 2.